The molecule has 0 bridgehead atoms. The topological polar surface area (TPSA) is 52.6 Å². The monoisotopic (exact) mass is 220 g/mol. The van der Waals surface area contributed by atoms with E-state index < -0.39 is 6.10 Å². The molecule has 0 saturated carbocycles. The number of hydrogen-bond donors (Lipinski definition) is 0. The predicted octanol–water partition coefficient (Wildman–Crippen LogP) is 1.85. The van der Waals surface area contributed by atoms with E-state index in [4.69, 9.17) is 9.47 Å². The van der Waals surface area contributed by atoms with Crippen molar-refractivity contribution in [2.45, 2.75) is 19.4 Å². The van der Waals surface area contributed by atoms with Crippen LogP contribution in [-0.2, 0) is 14.3 Å². The lowest BCUT2D eigenvalue weighted by Gasteiger charge is -2.09. The number of carbonyl (C=O) groups excluding carboxylic acids is 2. The molecule has 4 heteroatoms. The Kier molecular flexibility index (Phi) is 2.90. The Morgan fingerprint density at radius 2 is 2.19 bits per heavy atom. The van der Waals surface area contributed by atoms with Crippen LogP contribution in [0.2, 0.25) is 0 Å². The molecule has 0 aliphatic carbocycles. The molecule has 0 fully saturated rings. The summed E-state index contributed by atoms with van der Waals surface area (Å²) in [5.41, 5.74) is 1.30. The van der Waals surface area contributed by atoms with Gasteiger partial charge in [0.25, 0.3) is 0 Å². The first-order valence-corrected chi connectivity index (χ1v) is 5.18. The highest BCUT2D eigenvalue weighted by atomic mass is 16.6. The van der Waals surface area contributed by atoms with Gasteiger partial charge in [0.05, 0.1) is 18.6 Å². The Bertz CT molecular complexity index is 425. The Balaban J connectivity index is 2.15. The summed E-state index contributed by atoms with van der Waals surface area (Å²) in [6, 6.07) is 7.08. The first-order chi connectivity index (χ1) is 7.72. The van der Waals surface area contributed by atoms with Gasteiger partial charge >= 0.3 is 11.9 Å². The maximum Gasteiger partial charge on any atom is 0.339 e. The molecule has 0 radical (unpaired) electrons. The molecule has 1 heterocycles. The minimum atomic E-state index is -0.497. The van der Waals surface area contributed by atoms with Crippen molar-refractivity contribution in [2.24, 2.45) is 0 Å². The van der Waals surface area contributed by atoms with Gasteiger partial charge in [-0.2, -0.15) is 0 Å². The molecule has 16 heavy (non-hydrogen) atoms. The van der Waals surface area contributed by atoms with Gasteiger partial charge in [-0.25, -0.2) is 4.79 Å². The van der Waals surface area contributed by atoms with Gasteiger partial charge in [0.2, 0.25) is 0 Å². The van der Waals surface area contributed by atoms with E-state index in [0.29, 0.717) is 12.2 Å². The number of rotatable bonds is 3. The molecule has 0 amide bonds. The van der Waals surface area contributed by atoms with Crippen LogP contribution in [-0.4, -0.2) is 18.5 Å². The number of carbonyl (C=O) groups is 2. The maximum atomic E-state index is 11.4. The van der Waals surface area contributed by atoms with Crippen LogP contribution >= 0.6 is 0 Å². The third-order valence-electron chi connectivity index (χ3n) is 2.43. The maximum absolute atomic E-state index is 11.4. The van der Waals surface area contributed by atoms with Crippen LogP contribution in [0.4, 0.5) is 0 Å². The molecule has 2 rings (SSSR count). The average Bonchev–Trinajstić information content (AvgIpc) is 2.57. The number of esters is 2. The van der Waals surface area contributed by atoms with E-state index in [-0.39, 0.29) is 18.4 Å². The van der Waals surface area contributed by atoms with Crippen LogP contribution in [0.5, 0.6) is 0 Å². The normalized spacial score (nSPS) is 17.8. The van der Waals surface area contributed by atoms with Crippen molar-refractivity contribution in [3.63, 3.8) is 0 Å². The number of ether oxygens (including phenoxy) is 2. The smallest absolute Gasteiger partial charge is 0.339 e. The molecule has 1 atom stereocenters. The summed E-state index contributed by atoms with van der Waals surface area (Å²) in [7, 11) is 0. The second-order valence-electron chi connectivity index (χ2n) is 3.49. The molecular weight excluding hydrogens is 208 g/mol. The standard InChI is InChI=1S/C12H12O4/c1-2-15-11(13)7-10-8-5-3-4-6-9(8)12(14)16-10/h3-6,10H,2,7H2,1H3/t10-/m1/s1. The number of cyclic esters (lactones) is 1. The summed E-state index contributed by atoms with van der Waals surface area (Å²) >= 11 is 0. The zero-order chi connectivity index (χ0) is 11.5. The minimum absolute atomic E-state index is 0.0800. The molecule has 0 aromatic heterocycles. The van der Waals surface area contributed by atoms with Gasteiger partial charge in [0.1, 0.15) is 6.10 Å². The largest absolute Gasteiger partial charge is 0.466 e. The first-order valence-electron chi connectivity index (χ1n) is 5.18. The highest BCUT2D eigenvalue weighted by molar-refractivity contribution is 5.94. The molecule has 1 aliphatic rings. The van der Waals surface area contributed by atoms with E-state index in [1.54, 1.807) is 25.1 Å². The lowest BCUT2D eigenvalue weighted by molar-refractivity contribution is -0.145. The summed E-state index contributed by atoms with van der Waals surface area (Å²) in [6.45, 7) is 2.08. The van der Waals surface area contributed by atoms with Gasteiger partial charge < -0.3 is 9.47 Å². The van der Waals surface area contributed by atoms with Crippen molar-refractivity contribution in [3.05, 3.63) is 35.4 Å². The van der Waals surface area contributed by atoms with Crippen LogP contribution in [0.25, 0.3) is 0 Å². The summed E-state index contributed by atoms with van der Waals surface area (Å²) in [5.74, 6) is -0.720. The molecule has 0 saturated heterocycles. The highest BCUT2D eigenvalue weighted by Gasteiger charge is 2.32. The van der Waals surface area contributed by atoms with Gasteiger partial charge in [-0.1, -0.05) is 18.2 Å². The van der Waals surface area contributed by atoms with Crippen molar-refractivity contribution in [1.29, 1.82) is 0 Å². The fourth-order valence-corrected chi connectivity index (χ4v) is 1.74. The minimum Gasteiger partial charge on any atom is -0.466 e. The predicted molar refractivity (Wildman–Crippen MR) is 55.8 cm³/mol. The van der Waals surface area contributed by atoms with E-state index in [1.807, 2.05) is 6.07 Å². The molecule has 84 valence electrons. The first kappa shape index (κ1) is 10.7. The van der Waals surface area contributed by atoms with Crippen LogP contribution in [0.1, 0.15) is 35.4 Å². The van der Waals surface area contributed by atoms with E-state index in [0.717, 1.165) is 5.56 Å². The number of hydrogen-bond acceptors (Lipinski definition) is 4. The van der Waals surface area contributed by atoms with Crippen molar-refractivity contribution >= 4 is 11.9 Å². The van der Waals surface area contributed by atoms with Crippen molar-refractivity contribution in [3.8, 4) is 0 Å². The van der Waals surface area contributed by atoms with Crippen LogP contribution < -0.4 is 0 Å². The average molecular weight is 220 g/mol. The highest BCUT2D eigenvalue weighted by Crippen LogP contribution is 2.32. The van der Waals surface area contributed by atoms with Gasteiger partial charge in [-0.3, -0.25) is 4.79 Å². The molecule has 0 spiro atoms. The van der Waals surface area contributed by atoms with E-state index in [9.17, 15) is 9.59 Å². The molecule has 4 nitrogen and oxygen atoms in total. The van der Waals surface area contributed by atoms with Gasteiger partial charge in [0.15, 0.2) is 0 Å². The zero-order valence-electron chi connectivity index (χ0n) is 8.93. The zero-order valence-corrected chi connectivity index (χ0v) is 8.93. The van der Waals surface area contributed by atoms with Crippen molar-refractivity contribution in [1.82, 2.24) is 0 Å². The van der Waals surface area contributed by atoms with Crippen LogP contribution in [0.3, 0.4) is 0 Å². The fraction of sp³-hybridized carbons (Fsp3) is 0.333. The Morgan fingerprint density at radius 3 is 2.94 bits per heavy atom. The molecule has 0 N–H and O–H groups in total. The van der Waals surface area contributed by atoms with Crippen molar-refractivity contribution < 1.29 is 19.1 Å². The van der Waals surface area contributed by atoms with Gasteiger partial charge in [-0.15, -0.1) is 0 Å². The Morgan fingerprint density at radius 1 is 1.44 bits per heavy atom. The molecule has 0 unspecified atom stereocenters. The molecule has 1 aromatic carbocycles. The summed E-state index contributed by atoms with van der Waals surface area (Å²) in [6.07, 6.45) is -0.418. The number of fused-ring (bicyclic) bond motifs is 1. The molecule has 1 aromatic rings. The van der Waals surface area contributed by atoms with E-state index in [2.05, 4.69) is 0 Å². The SMILES string of the molecule is CCOC(=O)C[C@H]1OC(=O)c2ccccc21. The van der Waals surface area contributed by atoms with Crippen LogP contribution in [0.15, 0.2) is 24.3 Å². The molecule has 1 aliphatic heterocycles. The lowest BCUT2D eigenvalue weighted by Crippen LogP contribution is -2.10. The van der Waals surface area contributed by atoms with Gasteiger partial charge in [0, 0.05) is 5.56 Å². The second-order valence-corrected chi connectivity index (χ2v) is 3.49. The third kappa shape index (κ3) is 1.91. The van der Waals surface area contributed by atoms with Crippen LogP contribution in [0, 0.1) is 0 Å². The fourth-order valence-electron chi connectivity index (χ4n) is 1.74. The van der Waals surface area contributed by atoms with Crippen molar-refractivity contribution in [2.75, 3.05) is 6.61 Å². The second kappa shape index (κ2) is 4.35. The number of benzene rings is 1. The lowest BCUT2D eigenvalue weighted by atomic mass is 10.0. The van der Waals surface area contributed by atoms with E-state index >= 15 is 0 Å². The summed E-state index contributed by atoms with van der Waals surface area (Å²) in [5, 5.41) is 0. The Hall–Kier alpha value is -1.84. The van der Waals surface area contributed by atoms with E-state index in [1.165, 1.54) is 0 Å². The summed E-state index contributed by atoms with van der Waals surface area (Å²) in [4.78, 5) is 22.7. The Labute approximate surface area is 93.2 Å². The third-order valence-corrected chi connectivity index (χ3v) is 2.43. The summed E-state index contributed by atoms with van der Waals surface area (Å²) < 4.78 is 9.93. The molecular formula is C12H12O4. The quantitative estimate of drug-likeness (QED) is 0.729. The van der Waals surface area contributed by atoms with Gasteiger partial charge in [-0.05, 0) is 13.0 Å².